The van der Waals surface area contributed by atoms with E-state index >= 15 is 0 Å². The monoisotopic (exact) mass is 387 g/mol. The second kappa shape index (κ2) is 9.05. The maximum atomic E-state index is 12.3. The molecule has 148 valence electrons. The van der Waals surface area contributed by atoms with Crippen LogP contribution in [-0.2, 0) is 11.2 Å². The third-order valence-electron chi connectivity index (χ3n) is 4.21. The van der Waals surface area contributed by atoms with E-state index in [1.807, 2.05) is 18.2 Å². The highest BCUT2D eigenvalue weighted by Crippen LogP contribution is 2.32. The molecule has 0 saturated heterocycles. The van der Waals surface area contributed by atoms with Crippen molar-refractivity contribution in [1.82, 2.24) is 5.32 Å². The van der Waals surface area contributed by atoms with Gasteiger partial charge in [0.15, 0.2) is 11.5 Å². The summed E-state index contributed by atoms with van der Waals surface area (Å²) in [6.45, 7) is 1.45. The lowest BCUT2D eigenvalue weighted by molar-refractivity contribution is -0.384. The molecule has 0 fully saturated rings. The number of nitro groups is 1. The van der Waals surface area contributed by atoms with Gasteiger partial charge in [0.2, 0.25) is 6.79 Å². The van der Waals surface area contributed by atoms with Gasteiger partial charge in [-0.1, -0.05) is 6.07 Å². The van der Waals surface area contributed by atoms with Crippen LogP contribution in [0.15, 0.2) is 36.4 Å². The van der Waals surface area contributed by atoms with Gasteiger partial charge in [-0.25, -0.2) is 0 Å². The van der Waals surface area contributed by atoms with E-state index < -0.39 is 4.92 Å². The normalized spacial score (nSPS) is 11.9. The summed E-state index contributed by atoms with van der Waals surface area (Å²) in [6, 6.07) is 9.96. The van der Waals surface area contributed by atoms with E-state index in [1.54, 1.807) is 13.2 Å². The van der Waals surface area contributed by atoms with E-state index in [0.717, 1.165) is 5.56 Å². The summed E-state index contributed by atoms with van der Waals surface area (Å²) in [5, 5.41) is 17.0. The fourth-order valence-electron chi connectivity index (χ4n) is 2.78. The van der Waals surface area contributed by atoms with Crippen molar-refractivity contribution in [3.8, 4) is 11.5 Å². The van der Waals surface area contributed by atoms with Crippen LogP contribution in [0.3, 0.4) is 0 Å². The highest BCUT2D eigenvalue weighted by atomic mass is 16.7. The van der Waals surface area contributed by atoms with Crippen LogP contribution in [0.4, 0.5) is 11.4 Å². The molecule has 1 aliphatic heterocycles. The predicted molar refractivity (Wildman–Crippen MR) is 102 cm³/mol. The van der Waals surface area contributed by atoms with Gasteiger partial charge in [0.1, 0.15) is 5.69 Å². The maximum absolute atomic E-state index is 12.3. The second-order valence-electron chi connectivity index (χ2n) is 6.10. The topological polar surface area (TPSA) is 112 Å². The molecule has 0 bridgehead atoms. The van der Waals surface area contributed by atoms with E-state index in [0.29, 0.717) is 43.3 Å². The van der Waals surface area contributed by atoms with Crippen molar-refractivity contribution in [3.63, 3.8) is 0 Å². The van der Waals surface area contributed by atoms with Gasteiger partial charge >= 0.3 is 0 Å². The lowest BCUT2D eigenvalue weighted by Gasteiger charge is -2.09. The molecule has 2 aromatic rings. The van der Waals surface area contributed by atoms with Gasteiger partial charge in [-0.05, 0) is 36.2 Å². The van der Waals surface area contributed by atoms with Crippen molar-refractivity contribution in [2.75, 3.05) is 38.9 Å². The van der Waals surface area contributed by atoms with Crippen molar-refractivity contribution in [2.24, 2.45) is 0 Å². The van der Waals surface area contributed by atoms with E-state index in [-0.39, 0.29) is 24.0 Å². The van der Waals surface area contributed by atoms with Crippen molar-refractivity contribution in [3.05, 3.63) is 57.6 Å². The third kappa shape index (κ3) is 4.68. The number of carbonyl (C=O) groups is 1. The Balaban J connectivity index is 1.59. The van der Waals surface area contributed by atoms with Crippen LogP contribution in [0, 0.1) is 10.1 Å². The van der Waals surface area contributed by atoms with E-state index in [2.05, 4.69) is 10.6 Å². The van der Waals surface area contributed by atoms with Crippen LogP contribution in [0.5, 0.6) is 11.5 Å². The Labute approximate surface area is 161 Å². The molecule has 0 spiro atoms. The molecule has 9 nitrogen and oxygen atoms in total. The fraction of sp³-hybridized carbons (Fsp3) is 0.316. The molecule has 1 amide bonds. The number of hydrogen-bond donors (Lipinski definition) is 2. The largest absolute Gasteiger partial charge is 0.454 e. The summed E-state index contributed by atoms with van der Waals surface area (Å²) in [6.07, 6.45) is 0.598. The standard InChI is InChI=1S/C19H21N3O6/c1-26-9-8-20-15-4-3-14(11-16(15)22(24)25)19(23)21-7-6-13-2-5-17-18(10-13)28-12-27-17/h2-5,10-11,20H,6-9,12H2,1H3,(H,21,23). The first kappa shape index (κ1) is 19.4. The van der Waals surface area contributed by atoms with Crippen LogP contribution in [-0.4, -0.2) is 44.4 Å². The van der Waals surface area contributed by atoms with Crippen molar-refractivity contribution >= 4 is 17.3 Å². The van der Waals surface area contributed by atoms with Crippen LogP contribution >= 0.6 is 0 Å². The summed E-state index contributed by atoms with van der Waals surface area (Å²) in [4.78, 5) is 23.1. The predicted octanol–water partition coefficient (Wildman–Crippen LogP) is 2.35. The summed E-state index contributed by atoms with van der Waals surface area (Å²) < 4.78 is 15.5. The van der Waals surface area contributed by atoms with Gasteiger partial charge in [0.25, 0.3) is 11.6 Å². The quantitative estimate of drug-likeness (QED) is 0.386. The molecule has 9 heteroatoms. The van der Waals surface area contributed by atoms with Crippen molar-refractivity contribution in [2.45, 2.75) is 6.42 Å². The number of methoxy groups -OCH3 is 1. The number of ether oxygens (including phenoxy) is 3. The SMILES string of the molecule is COCCNc1ccc(C(=O)NCCc2ccc3c(c2)OCO3)cc1[N+](=O)[O-]. The molecule has 0 unspecified atom stereocenters. The van der Waals surface area contributed by atoms with E-state index in [4.69, 9.17) is 14.2 Å². The Kier molecular flexibility index (Phi) is 6.28. The van der Waals surface area contributed by atoms with E-state index in [1.165, 1.54) is 12.1 Å². The molecular weight excluding hydrogens is 366 g/mol. The highest BCUT2D eigenvalue weighted by Gasteiger charge is 2.18. The summed E-state index contributed by atoms with van der Waals surface area (Å²) in [5.74, 6) is 1.03. The molecular formula is C19H21N3O6. The number of benzene rings is 2. The first-order chi connectivity index (χ1) is 13.6. The lowest BCUT2D eigenvalue weighted by atomic mass is 10.1. The number of hydrogen-bond acceptors (Lipinski definition) is 7. The average Bonchev–Trinajstić information content (AvgIpc) is 3.16. The summed E-state index contributed by atoms with van der Waals surface area (Å²) in [5.41, 5.74) is 1.42. The van der Waals surface area contributed by atoms with Crippen LogP contribution < -0.4 is 20.1 Å². The molecule has 0 atom stereocenters. The first-order valence-corrected chi connectivity index (χ1v) is 8.76. The molecule has 2 aromatic carbocycles. The van der Waals surface area contributed by atoms with Crippen molar-refractivity contribution < 1.29 is 23.9 Å². The molecule has 28 heavy (non-hydrogen) atoms. The number of fused-ring (bicyclic) bond motifs is 1. The first-order valence-electron chi connectivity index (χ1n) is 8.76. The van der Waals surface area contributed by atoms with Gasteiger partial charge in [0, 0.05) is 31.8 Å². The summed E-state index contributed by atoms with van der Waals surface area (Å²) >= 11 is 0. The number of rotatable bonds is 9. The molecule has 3 rings (SSSR count). The highest BCUT2D eigenvalue weighted by molar-refractivity contribution is 5.95. The number of nitrogens with one attached hydrogen (secondary N) is 2. The van der Waals surface area contributed by atoms with Crippen LogP contribution in [0.25, 0.3) is 0 Å². The minimum Gasteiger partial charge on any atom is -0.454 e. The Morgan fingerprint density at radius 2 is 2.00 bits per heavy atom. The Hall–Kier alpha value is -3.33. The number of nitro benzene ring substituents is 1. The Morgan fingerprint density at radius 1 is 1.18 bits per heavy atom. The zero-order chi connectivity index (χ0) is 19.9. The average molecular weight is 387 g/mol. The van der Waals surface area contributed by atoms with Gasteiger partial charge < -0.3 is 24.8 Å². The third-order valence-corrected chi connectivity index (χ3v) is 4.21. The fourth-order valence-corrected chi connectivity index (χ4v) is 2.78. The maximum Gasteiger partial charge on any atom is 0.293 e. The molecule has 1 aliphatic rings. The zero-order valence-corrected chi connectivity index (χ0v) is 15.4. The number of nitrogens with zero attached hydrogens (tertiary/aromatic N) is 1. The molecule has 0 aromatic heterocycles. The minimum atomic E-state index is -0.515. The summed E-state index contributed by atoms with van der Waals surface area (Å²) in [7, 11) is 1.55. The minimum absolute atomic E-state index is 0.153. The Bertz CT molecular complexity index is 871. The smallest absolute Gasteiger partial charge is 0.293 e. The van der Waals surface area contributed by atoms with Crippen molar-refractivity contribution in [1.29, 1.82) is 0 Å². The van der Waals surface area contributed by atoms with Gasteiger partial charge in [0.05, 0.1) is 11.5 Å². The number of carbonyl (C=O) groups excluding carboxylic acids is 1. The second-order valence-corrected chi connectivity index (χ2v) is 6.10. The van der Waals surface area contributed by atoms with Crippen LogP contribution in [0.2, 0.25) is 0 Å². The molecule has 1 heterocycles. The van der Waals surface area contributed by atoms with E-state index in [9.17, 15) is 14.9 Å². The Morgan fingerprint density at radius 3 is 2.79 bits per heavy atom. The van der Waals surface area contributed by atoms with Crippen LogP contribution in [0.1, 0.15) is 15.9 Å². The number of amides is 1. The van der Waals surface area contributed by atoms with Gasteiger partial charge in [-0.3, -0.25) is 14.9 Å². The molecule has 0 saturated carbocycles. The molecule has 0 radical (unpaired) electrons. The molecule has 0 aliphatic carbocycles. The number of anilines is 1. The molecule has 2 N–H and O–H groups in total. The lowest BCUT2D eigenvalue weighted by Crippen LogP contribution is -2.25. The zero-order valence-electron chi connectivity index (χ0n) is 15.4. The van der Waals surface area contributed by atoms with Gasteiger partial charge in [-0.2, -0.15) is 0 Å². The van der Waals surface area contributed by atoms with Gasteiger partial charge in [-0.15, -0.1) is 0 Å².